The van der Waals surface area contributed by atoms with Crippen molar-refractivity contribution in [3.8, 4) is 0 Å². The van der Waals surface area contributed by atoms with Gasteiger partial charge in [-0.3, -0.25) is 14.5 Å². The molecule has 184 valence electrons. The Morgan fingerprint density at radius 2 is 1.65 bits per heavy atom. The summed E-state index contributed by atoms with van der Waals surface area (Å²) in [6, 6.07) is 6.14. The van der Waals surface area contributed by atoms with Crippen LogP contribution in [0.25, 0.3) is 0 Å². The zero-order chi connectivity index (χ0) is 24.4. The molecule has 1 aromatic carbocycles. The molecule has 2 saturated heterocycles. The number of aryl methyl sites for hydroxylation is 1. The number of hydrogen-bond donors (Lipinski definition) is 0. The Bertz CT molecular complexity index is 1020. The first kappa shape index (κ1) is 24.7. The molecule has 34 heavy (non-hydrogen) atoms. The quantitative estimate of drug-likeness (QED) is 0.646. The highest BCUT2D eigenvalue weighted by atomic mass is 35.5. The Morgan fingerprint density at radius 1 is 1.03 bits per heavy atom. The Kier molecular flexibility index (Phi) is 7.57. The molecule has 0 aliphatic carbocycles. The molecule has 2 unspecified atom stereocenters. The van der Waals surface area contributed by atoms with Gasteiger partial charge >= 0.3 is 0 Å². The first-order chi connectivity index (χ1) is 16.2. The van der Waals surface area contributed by atoms with Gasteiger partial charge in [-0.05, 0) is 42.9 Å². The SMILES string of the molecule is Cc1nn(Cc2ccc(F)cc2)c(Cl)c1C(=O)N1CCN(CC(=O)N2CC(C)CC(C)C2)CC1. The van der Waals surface area contributed by atoms with Gasteiger partial charge in [-0.1, -0.05) is 37.6 Å². The van der Waals surface area contributed by atoms with Crippen LogP contribution in [0.15, 0.2) is 24.3 Å². The Hall–Kier alpha value is -2.45. The average Bonchev–Trinajstić information content (AvgIpc) is 3.07. The summed E-state index contributed by atoms with van der Waals surface area (Å²) in [5, 5.41) is 4.73. The van der Waals surface area contributed by atoms with Crippen molar-refractivity contribution in [2.24, 2.45) is 11.8 Å². The van der Waals surface area contributed by atoms with Crippen LogP contribution < -0.4 is 0 Å². The number of carbonyl (C=O) groups excluding carboxylic acids is 2. The maximum absolute atomic E-state index is 13.2. The van der Waals surface area contributed by atoms with E-state index in [0.717, 1.165) is 18.7 Å². The molecule has 2 fully saturated rings. The van der Waals surface area contributed by atoms with Crippen LogP contribution in [0.2, 0.25) is 5.15 Å². The zero-order valence-electron chi connectivity index (χ0n) is 20.1. The molecule has 1 aromatic heterocycles. The smallest absolute Gasteiger partial charge is 0.258 e. The van der Waals surface area contributed by atoms with Crippen molar-refractivity contribution in [3.05, 3.63) is 52.1 Å². The van der Waals surface area contributed by atoms with Crippen molar-refractivity contribution in [3.63, 3.8) is 0 Å². The van der Waals surface area contributed by atoms with Crippen LogP contribution in [0.3, 0.4) is 0 Å². The molecule has 0 N–H and O–H groups in total. The largest absolute Gasteiger partial charge is 0.341 e. The van der Waals surface area contributed by atoms with Crippen molar-refractivity contribution in [2.45, 2.75) is 33.7 Å². The first-order valence-electron chi connectivity index (χ1n) is 12.0. The average molecular weight is 490 g/mol. The maximum Gasteiger partial charge on any atom is 0.258 e. The second-order valence-electron chi connectivity index (χ2n) is 9.85. The van der Waals surface area contributed by atoms with E-state index < -0.39 is 0 Å². The van der Waals surface area contributed by atoms with Gasteiger partial charge in [-0.25, -0.2) is 9.07 Å². The van der Waals surface area contributed by atoms with Crippen molar-refractivity contribution >= 4 is 23.4 Å². The van der Waals surface area contributed by atoms with E-state index in [1.165, 1.54) is 18.6 Å². The van der Waals surface area contributed by atoms with Crippen LogP contribution in [-0.2, 0) is 11.3 Å². The number of piperazine rings is 1. The number of benzene rings is 1. The summed E-state index contributed by atoms with van der Waals surface area (Å²) < 4.78 is 14.8. The molecular formula is C25H33ClFN5O2. The number of halogens is 2. The molecular weight excluding hydrogens is 457 g/mol. The van der Waals surface area contributed by atoms with Crippen molar-refractivity contribution in [1.82, 2.24) is 24.5 Å². The lowest BCUT2D eigenvalue weighted by atomic mass is 9.92. The molecule has 2 amide bonds. The van der Waals surface area contributed by atoms with E-state index in [-0.39, 0.29) is 22.8 Å². The molecule has 0 saturated carbocycles. The standard InChI is InChI=1S/C25H33ClFN5O2/c1-17-12-18(2)14-31(13-17)22(33)16-29-8-10-30(11-9-29)25(34)23-19(3)28-32(24(23)26)15-20-4-6-21(27)7-5-20/h4-7,17-18H,8-16H2,1-3H3. The van der Waals surface area contributed by atoms with Crippen molar-refractivity contribution in [1.29, 1.82) is 0 Å². The molecule has 9 heteroatoms. The van der Waals surface area contributed by atoms with E-state index in [1.54, 1.807) is 28.6 Å². The van der Waals surface area contributed by atoms with Crippen LogP contribution >= 0.6 is 11.6 Å². The Labute approximate surface area is 205 Å². The van der Waals surface area contributed by atoms with Gasteiger partial charge in [0.1, 0.15) is 11.0 Å². The van der Waals surface area contributed by atoms with Crippen LogP contribution in [0.4, 0.5) is 4.39 Å². The normalized spacial score (nSPS) is 21.7. The molecule has 3 heterocycles. The fraction of sp³-hybridized carbons (Fsp3) is 0.560. The fourth-order valence-electron chi connectivity index (χ4n) is 5.09. The topological polar surface area (TPSA) is 61.7 Å². The highest BCUT2D eigenvalue weighted by molar-refractivity contribution is 6.33. The zero-order valence-corrected chi connectivity index (χ0v) is 20.9. The maximum atomic E-state index is 13.2. The molecule has 0 bridgehead atoms. The third-order valence-electron chi connectivity index (χ3n) is 6.76. The van der Waals surface area contributed by atoms with Gasteiger partial charge < -0.3 is 9.80 Å². The minimum atomic E-state index is -0.303. The minimum absolute atomic E-state index is 0.141. The van der Waals surface area contributed by atoms with Crippen LogP contribution in [-0.4, -0.2) is 82.1 Å². The second kappa shape index (κ2) is 10.4. The molecule has 0 spiro atoms. The van der Waals surface area contributed by atoms with Crippen LogP contribution in [0.1, 0.15) is 41.9 Å². The number of piperidine rings is 1. The lowest BCUT2D eigenvalue weighted by Gasteiger charge is -2.38. The van der Waals surface area contributed by atoms with Crippen molar-refractivity contribution < 1.29 is 14.0 Å². The summed E-state index contributed by atoms with van der Waals surface area (Å²) >= 11 is 6.55. The lowest BCUT2D eigenvalue weighted by Crippen LogP contribution is -2.53. The van der Waals surface area contributed by atoms with Gasteiger partial charge in [0.05, 0.1) is 24.3 Å². The van der Waals surface area contributed by atoms with Gasteiger partial charge in [-0.15, -0.1) is 0 Å². The van der Waals surface area contributed by atoms with Crippen LogP contribution in [0, 0.1) is 24.6 Å². The highest BCUT2D eigenvalue weighted by Gasteiger charge is 2.30. The molecule has 2 aromatic rings. The molecule has 2 atom stereocenters. The van der Waals surface area contributed by atoms with E-state index in [9.17, 15) is 14.0 Å². The summed E-state index contributed by atoms with van der Waals surface area (Å²) in [4.78, 5) is 32.0. The number of rotatable bonds is 5. The lowest BCUT2D eigenvalue weighted by molar-refractivity contribution is -0.135. The summed E-state index contributed by atoms with van der Waals surface area (Å²) in [7, 11) is 0. The fourth-order valence-corrected chi connectivity index (χ4v) is 5.40. The van der Waals surface area contributed by atoms with E-state index in [2.05, 4.69) is 23.8 Å². The third-order valence-corrected chi connectivity index (χ3v) is 7.15. The summed E-state index contributed by atoms with van der Waals surface area (Å²) in [5.41, 5.74) is 1.83. The minimum Gasteiger partial charge on any atom is -0.341 e. The van der Waals surface area contributed by atoms with E-state index >= 15 is 0 Å². The van der Waals surface area contributed by atoms with Crippen LogP contribution in [0.5, 0.6) is 0 Å². The van der Waals surface area contributed by atoms with E-state index in [4.69, 9.17) is 11.6 Å². The number of carbonyl (C=O) groups is 2. The molecule has 0 radical (unpaired) electrons. The highest BCUT2D eigenvalue weighted by Crippen LogP contribution is 2.24. The summed E-state index contributed by atoms with van der Waals surface area (Å²) in [6.07, 6.45) is 1.17. The number of hydrogen-bond acceptors (Lipinski definition) is 4. The summed E-state index contributed by atoms with van der Waals surface area (Å²) in [6.45, 7) is 11.0. The van der Waals surface area contributed by atoms with Gasteiger partial charge in [0.15, 0.2) is 0 Å². The predicted octanol–water partition coefficient (Wildman–Crippen LogP) is 3.29. The van der Waals surface area contributed by atoms with E-state index in [1.807, 2.05) is 4.90 Å². The number of likely N-dealkylation sites (tertiary alicyclic amines) is 1. The van der Waals surface area contributed by atoms with Crippen molar-refractivity contribution in [2.75, 3.05) is 45.8 Å². The Balaban J connectivity index is 1.34. The molecule has 2 aliphatic rings. The number of amides is 2. The van der Waals surface area contributed by atoms with Gasteiger partial charge in [0.2, 0.25) is 5.91 Å². The molecule has 4 rings (SSSR count). The molecule has 7 nitrogen and oxygen atoms in total. The van der Waals surface area contributed by atoms with Gasteiger partial charge in [0, 0.05) is 39.3 Å². The molecule has 2 aliphatic heterocycles. The number of nitrogens with zero attached hydrogens (tertiary/aromatic N) is 5. The number of aromatic nitrogens is 2. The third kappa shape index (κ3) is 5.61. The second-order valence-corrected chi connectivity index (χ2v) is 10.2. The first-order valence-corrected chi connectivity index (χ1v) is 12.4. The predicted molar refractivity (Wildman–Crippen MR) is 129 cm³/mol. The van der Waals surface area contributed by atoms with Gasteiger partial charge in [-0.2, -0.15) is 5.10 Å². The van der Waals surface area contributed by atoms with E-state index in [0.29, 0.717) is 62.4 Å². The summed E-state index contributed by atoms with van der Waals surface area (Å²) in [5.74, 6) is 0.818. The Morgan fingerprint density at radius 3 is 2.26 bits per heavy atom. The monoisotopic (exact) mass is 489 g/mol. The van der Waals surface area contributed by atoms with Gasteiger partial charge in [0.25, 0.3) is 5.91 Å².